The molecule has 1 heterocycles. The van der Waals surface area contributed by atoms with Crippen molar-refractivity contribution in [3.63, 3.8) is 0 Å². The Hall–Kier alpha value is -2.54. The van der Waals surface area contributed by atoms with E-state index in [4.69, 9.17) is 0 Å². The van der Waals surface area contributed by atoms with Crippen LogP contribution in [0.3, 0.4) is 0 Å². The summed E-state index contributed by atoms with van der Waals surface area (Å²) in [5.74, 6) is 0. The molecule has 0 aliphatic rings. The highest BCUT2D eigenvalue weighted by Crippen LogP contribution is 2.28. The quantitative estimate of drug-likeness (QED) is 0.337. The highest BCUT2D eigenvalue weighted by Gasteiger charge is 2.11. The molecule has 0 N–H and O–H groups in total. The van der Waals surface area contributed by atoms with E-state index < -0.39 is 0 Å². The first-order valence-electron chi connectivity index (χ1n) is 9.82. The monoisotopic (exact) mass is 341 g/mol. The zero-order chi connectivity index (χ0) is 17.9. The largest absolute Gasteiger partial charge is 0.347 e. The van der Waals surface area contributed by atoms with Gasteiger partial charge >= 0.3 is 0 Å². The molecule has 4 aromatic rings. The number of hydrogen-bond acceptors (Lipinski definition) is 0. The van der Waals surface area contributed by atoms with Gasteiger partial charge in [-0.1, -0.05) is 74.4 Å². The van der Waals surface area contributed by atoms with Crippen molar-refractivity contribution < 1.29 is 0 Å². The van der Waals surface area contributed by atoms with Crippen LogP contribution in [0.1, 0.15) is 42.9 Å². The molecule has 26 heavy (non-hydrogen) atoms. The van der Waals surface area contributed by atoms with Crippen LogP contribution in [0.2, 0.25) is 0 Å². The minimum absolute atomic E-state index is 0.988. The lowest BCUT2D eigenvalue weighted by atomic mass is 9.96. The molecule has 0 spiro atoms. The van der Waals surface area contributed by atoms with Crippen LogP contribution in [0.5, 0.6) is 0 Å². The van der Waals surface area contributed by atoms with Crippen molar-refractivity contribution in [3.05, 3.63) is 83.6 Å². The SMILES string of the molecule is CCCCCn1cc(Cc2ccc(C)c3ccccc23)c2ccccc21. The topological polar surface area (TPSA) is 4.93 Å². The molecule has 0 amide bonds. The van der Waals surface area contributed by atoms with E-state index in [-0.39, 0.29) is 0 Å². The maximum Gasteiger partial charge on any atom is 0.0483 e. The normalized spacial score (nSPS) is 11.5. The van der Waals surface area contributed by atoms with Crippen molar-refractivity contribution >= 4 is 21.7 Å². The maximum absolute atomic E-state index is 2.46. The molecule has 0 bridgehead atoms. The highest BCUT2D eigenvalue weighted by atomic mass is 15.0. The molecule has 0 unspecified atom stereocenters. The summed E-state index contributed by atoms with van der Waals surface area (Å²) in [6.45, 7) is 5.58. The van der Waals surface area contributed by atoms with Crippen LogP contribution in [0.25, 0.3) is 21.7 Å². The van der Waals surface area contributed by atoms with Crippen LogP contribution in [-0.2, 0) is 13.0 Å². The zero-order valence-electron chi connectivity index (χ0n) is 15.8. The maximum atomic E-state index is 2.46. The second-order valence-electron chi connectivity index (χ2n) is 7.34. The van der Waals surface area contributed by atoms with Crippen molar-refractivity contribution in [2.24, 2.45) is 0 Å². The van der Waals surface area contributed by atoms with Crippen molar-refractivity contribution in [1.82, 2.24) is 4.57 Å². The summed E-state index contributed by atoms with van der Waals surface area (Å²) in [6, 6.07) is 22.2. The fourth-order valence-electron chi connectivity index (χ4n) is 4.05. The van der Waals surface area contributed by atoms with Crippen molar-refractivity contribution in [2.45, 2.75) is 46.1 Å². The molecule has 0 radical (unpaired) electrons. The second kappa shape index (κ2) is 7.37. The van der Waals surface area contributed by atoms with Crippen molar-refractivity contribution in [2.75, 3.05) is 0 Å². The lowest BCUT2D eigenvalue weighted by Gasteiger charge is -2.08. The summed E-state index contributed by atoms with van der Waals surface area (Å²) in [7, 11) is 0. The molecular weight excluding hydrogens is 314 g/mol. The summed E-state index contributed by atoms with van der Waals surface area (Å²) in [5.41, 5.74) is 5.58. The summed E-state index contributed by atoms with van der Waals surface area (Å²) in [6.07, 6.45) is 7.19. The average molecular weight is 341 g/mol. The molecule has 1 heteroatoms. The van der Waals surface area contributed by atoms with Crippen LogP contribution in [-0.4, -0.2) is 4.57 Å². The van der Waals surface area contributed by atoms with E-state index in [1.807, 2.05) is 0 Å². The second-order valence-corrected chi connectivity index (χ2v) is 7.34. The van der Waals surface area contributed by atoms with Crippen LogP contribution in [0.4, 0.5) is 0 Å². The van der Waals surface area contributed by atoms with Gasteiger partial charge in [-0.2, -0.15) is 0 Å². The molecule has 4 rings (SSSR count). The Morgan fingerprint density at radius 3 is 2.27 bits per heavy atom. The molecule has 0 aliphatic heterocycles. The Morgan fingerprint density at radius 2 is 1.46 bits per heavy atom. The molecular formula is C25H27N. The molecule has 132 valence electrons. The van der Waals surface area contributed by atoms with Gasteiger partial charge in [0.15, 0.2) is 0 Å². The fraction of sp³-hybridized carbons (Fsp3) is 0.280. The number of benzene rings is 3. The first-order valence-corrected chi connectivity index (χ1v) is 9.82. The van der Waals surface area contributed by atoms with Crippen molar-refractivity contribution in [3.8, 4) is 0 Å². The van der Waals surface area contributed by atoms with E-state index in [0.717, 1.165) is 13.0 Å². The number of para-hydroxylation sites is 1. The molecule has 0 aliphatic carbocycles. The Bertz CT molecular complexity index is 1040. The third-order valence-electron chi connectivity index (χ3n) is 5.49. The van der Waals surface area contributed by atoms with Gasteiger partial charge in [0.05, 0.1) is 0 Å². The van der Waals surface area contributed by atoms with E-state index in [1.54, 1.807) is 0 Å². The molecule has 0 saturated carbocycles. The van der Waals surface area contributed by atoms with Crippen molar-refractivity contribution in [1.29, 1.82) is 0 Å². The Morgan fingerprint density at radius 1 is 0.731 bits per heavy atom. The van der Waals surface area contributed by atoms with Gasteiger partial charge < -0.3 is 4.57 Å². The van der Waals surface area contributed by atoms with Crippen LogP contribution >= 0.6 is 0 Å². The minimum Gasteiger partial charge on any atom is -0.347 e. The van der Waals surface area contributed by atoms with Gasteiger partial charge in [0, 0.05) is 30.1 Å². The van der Waals surface area contributed by atoms with Gasteiger partial charge in [-0.05, 0) is 46.9 Å². The smallest absolute Gasteiger partial charge is 0.0483 e. The average Bonchev–Trinajstić information content (AvgIpc) is 3.02. The Balaban J connectivity index is 1.75. The summed E-state index contributed by atoms with van der Waals surface area (Å²) < 4.78 is 2.46. The number of nitrogens with zero attached hydrogens (tertiary/aromatic N) is 1. The predicted molar refractivity (Wildman–Crippen MR) is 113 cm³/mol. The van der Waals surface area contributed by atoms with Gasteiger partial charge in [-0.25, -0.2) is 0 Å². The highest BCUT2D eigenvalue weighted by molar-refractivity contribution is 5.90. The molecule has 1 aromatic heterocycles. The number of rotatable bonds is 6. The van der Waals surface area contributed by atoms with E-state index >= 15 is 0 Å². The molecule has 0 saturated heterocycles. The third-order valence-corrected chi connectivity index (χ3v) is 5.49. The van der Waals surface area contributed by atoms with E-state index in [2.05, 4.69) is 85.3 Å². The summed E-state index contributed by atoms with van der Waals surface area (Å²) in [4.78, 5) is 0. The van der Waals surface area contributed by atoms with Gasteiger partial charge in [-0.15, -0.1) is 0 Å². The first-order chi connectivity index (χ1) is 12.8. The number of unbranched alkanes of at least 4 members (excludes halogenated alkanes) is 2. The molecule has 3 aromatic carbocycles. The Labute approximate surface area is 156 Å². The number of hydrogen-bond donors (Lipinski definition) is 0. The lowest BCUT2D eigenvalue weighted by Crippen LogP contribution is -1.96. The molecule has 0 fully saturated rings. The summed E-state index contributed by atoms with van der Waals surface area (Å²) >= 11 is 0. The van der Waals surface area contributed by atoms with Crippen LogP contribution in [0.15, 0.2) is 66.9 Å². The third kappa shape index (κ3) is 3.14. The molecule has 0 atom stereocenters. The van der Waals surface area contributed by atoms with E-state index in [9.17, 15) is 0 Å². The lowest BCUT2D eigenvalue weighted by molar-refractivity contribution is 0.615. The number of aryl methyl sites for hydroxylation is 2. The fourth-order valence-corrected chi connectivity index (χ4v) is 4.05. The minimum atomic E-state index is 0.988. The van der Waals surface area contributed by atoms with Gasteiger partial charge in [-0.3, -0.25) is 0 Å². The first kappa shape index (κ1) is 16.9. The number of aromatic nitrogens is 1. The summed E-state index contributed by atoms with van der Waals surface area (Å²) in [5, 5.41) is 4.15. The van der Waals surface area contributed by atoms with Gasteiger partial charge in [0.25, 0.3) is 0 Å². The van der Waals surface area contributed by atoms with Gasteiger partial charge in [0.1, 0.15) is 0 Å². The van der Waals surface area contributed by atoms with Gasteiger partial charge in [0.2, 0.25) is 0 Å². The molecule has 1 nitrogen and oxygen atoms in total. The van der Waals surface area contributed by atoms with Crippen LogP contribution < -0.4 is 0 Å². The predicted octanol–water partition coefficient (Wildman–Crippen LogP) is 6.88. The van der Waals surface area contributed by atoms with E-state index in [0.29, 0.717) is 0 Å². The number of fused-ring (bicyclic) bond motifs is 2. The van der Waals surface area contributed by atoms with E-state index in [1.165, 1.54) is 57.6 Å². The van der Waals surface area contributed by atoms with Crippen LogP contribution in [0, 0.1) is 6.92 Å². The zero-order valence-corrected chi connectivity index (χ0v) is 15.8. The standard InChI is InChI=1S/C25H27N/c1-3-4-9-16-26-18-21(24-12-7-8-13-25(24)26)17-20-15-14-19(2)22-10-5-6-11-23(20)22/h5-8,10-15,18H,3-4,9,16-17H2,1-2H3. The Kier molecular flexibility index (Phi) is 4.79.